The quantitative estimate of drug-likeness (QED) is 0.573. The van der Waals surface area contributed by atoms with Gasteiger partial charge in [0.15, 0.2) is 0 Å². The summed E-state index contributed by atoms with van der Waals surface area (Å²) in [4.78, 5) is 34.0. The molecular weight excluding hydrogens is 428 g/mol. The first-order valence-corrected chi connectivity index (χ1v) is 11.6. The number of aliphatic hydroxyl groups is 1. The lowest BCUT2D eigenvalue weighted by Crippen LogP contribution is -2.61. The molecule has 0 aliphatic carbocycles. The summed E-state index contributed by atoms with van der Waals surface area (Å²) in [5.41, 5.74) is 2.49. The lowest BCUT2D eigenvalue weighted by Gasteiger charge is -2.45. The Morgan fingerprint density at radius 2 is 1.62 bits per heavy atom. The Morgan fingerprint density at radius 1 is 1.00 bits per heavy atom. The summed E-state index contributed by atoms with van der Waals surface area (Å²) < 4.78 is 2.08. The third-order valence-corrected chi connectivity index (χ3v) is 6.38. The van der Waals surface area contributed by atoms with Gasteiger partial charge in [0.1, 0.15) is 5.82 Å². The first-order valence-electron chi connectivity index (χ1n) is 11.6. The van der Waals surface area contributed by atoms with E-state index in [1.54, 1.807) is 11.9 Å². The molecule has 0 bridgehead atoms. The zero-order valence-corrected chi connectivity index (χ0v) is 20.2. The molecule has 2 aromatic carbocycles. The van der Waals surface area contributed by atoms with Gasteiger partial charge in [0, 0.05) is 31.9 Å². The van der Waals surface area contributed by atoms with Crippen molar-refractivity contribution in [2.45, 2.75) is 39.4 Å². The van der Waals surface area contributed by atoms with Crippen LogP contribution in [-0.4, -0.2) is 62.5 Å². The molecule has 1 fully saturated rings. The molecular formula is C27H32N4O3. The number of aliphatic hydroxyl groups excluding tert-OH is 1. The summed E-state index contributed by atoms with van der Waals surface area (Å²) in [7, 11) is 1.56. The van der Waals surface area contributed by atoms with Gasteiger partial charge in [-0.05, 0) is 11.0 Å². The highest BCUT2D eigenvalue weighted by Crippen LogP contribution is 2.40. The molecule has 2 atom stereocenters. The van der Waals surface area contributed by atoms with Crippen LogP contribution in [0.15, 0.2) is 66.9 Å². The lowest BCUT2D eigenvalue weighted by atomic mass is 9.84. The molecule has 1 aromatic heterocycles. The SMILES string of the molecule is CN1C(=O)C(=O)N([C@@H](c2nc(-c3ccccc3)cn2Cc2ccccc2)C(C)(C)C)C[C@H]1CO. The van der Waals surface area contributed by atoms with Gasteiger partial charge in [0.05, 0.1) is 24.4 Å². The molecule has 0 spiro atoms. The summed E-state index contributed by atoms with van der Waals surface area (Å²) >= 11 is 0. The van der Waals surface area contributed by atoms with Gasteiger partial charge in [0.2, 0.25) is 0 Å². The predicted octanol–water partition coefficient (Wildman–Crippen LogP) is 3.35. The topological polar surface area (TPSA) is 78.7 Å². The van der Waals surface area contributed by atoms with Gasteiger partial charge < -0.3 is 19.5 Å². The van der Waals surface area contributed by atoms with E-state index in [4.69, 9.17) is 4.98 Å². The number of likely N-dealkylation sites (N-methyl/N-ethyl adjacent to an activating group) is 1. The van der Waals surface area contributed by atoms with Gasteiger partial charge in [-0.2, -0.15) is 0 Å². The van der Waals surface area contributed by atoms with Gasteiger partial charge in [-0.3, -0.25) is 9.59 Å². The Labute approximate surface area is 200 Å². The van der Waals surface area contributed by atoms with E-state index >= 15 is 0 Å². The van der Waals surface area contributed by atoms with Gasteiger partial charge >= 0.3 is 11.8 Å². The van der Waals surface area contributed by atoms with E-state index < -0.39 is 29.3 Å². The maximum Gasteiger partial charge on any atom is 0.312 e. The Balaban J connectivity index is 1.84. The fourth-order valence-electron chi connectivity index (χ4n) is 4.57. The minimum Gasteiger partial charge on any atom is -0.394 e. The Morgan fingerprint density at radius 3 is 2.21 bits per heavy atom. The average Bonchev–Trinajstić information content (AvgIpc) is 3.22. The van der Waals surface area contributed by atoms with Gasteiger partial charge in [-0.25, -0.2) is 4.98 Å². The Kier molecular flexibility index (Phi) is 6.57. The van der Waals surface area contributed by atoms with Crippen LogP contribution in [0.2, 0.25) is 0 Å². The molecule has 34 heavy (non-hydrogen) atoms. The zero-order chi connectivity index (χ0) is 24.5. The van der Waals surface area contributed by atoms with E-state index in [-0.39, 0.29) is 13.2 Å². The number of aromatic nitrogens is 2. The van der Waals surface area contributed by atoms with Crippen molar-refractivity contribution in [2.75, 3.05) is 20.2 Å². The van der Waals surface area contributed by atoms with Crippen molar-refractivity contribution in [3.8, 4) is 11.3 Å². The minimum absolute atomic E-state index is 0.212. The largest absolute Gasteiger partial charge is 0.394 e. The summed E-state index contributed by atoms with van der Waals surface area (Å²) in [5, 5.41) is 9.89. The number of hydrogen-bond acceptors (Lipinski definition) is 4. The molecule has 178 valence electrons. The van der Waals surface area contributed by atoms with Crippen LogP contribution >= 0.6 is 0 Å². The number of rotatable bonds is 6. The highest BCUT2D eigenvalue weighted by Gasteiger charge is 2.45. The number of amides is 2. The van der Waals surface area contributed by atoms with Crippen molar-refractivity contribution in [3.05, 3.63) is 78.2 Å². The van der Waals surface area contributed by atoms with Crippen LogP contribution in [0.3, 0.4) is 0 Å². The van der Waals surface area contributed by atoms with Crippen LogP contribution in [0, 0.1) is 5.41 Å². The van der Waals surface area contributed by atoms with Crippen LogP contribution in [-0.2, 0) is 16.1 Å². The summed E-state index contributed by atoms with van der Waals surface area (Å²) in [6.45, 7) is 6.76. The van der Waals surface area contributed by atoms with Gasteiger partial charge in [-0.1, -0.05) is 81.4 Å². The molecule has 1 N–H and O–H groups in total. The molecule has 2 heterocycles. The van der Waals surface area contributed by atoms with E-state index in [2.05, 4.69) is 16.7 Å². The fourth-order valence-corrected chi connectivity index (χ4v) is 4.57. The van der Waals surface area contributed by atoms with Crippen LogP contribution in [0.4, 0.5) is 0 Å². The molecule has 0 radical (unpaired) electrons. The first kappa shape index (κ1) is 23.7. The average molecular weight is 461 g/mol. The number of carbonyl (C=O) groups is 2. The molecule has 1 aliphatic rings. The Bertz CT molecular complexity index is 1150. The maximum absolute atomic E-state index is 13.2. The molecule has 7 nitrogen and oxygen atoms in total. The second-order valence-electron chi connectivity index (χ2n) is 9.94. The van der Waals surface area contributed by atoms with Crippen molar-refractivity contribution in [1.29, 1.82) is 0 Å². The molecule has 0 saturated carbocycles. The van der Waals surface area contributed by atoms with E-state index in [0.717, 1.165) is 22.6 Å². The first-order chi connectivity index (χ1) is 16.2. The normalized spacial score (nSPS) is 17.9. The Hall–Kier alpha value is -3.45. The summed E-state index contributed by atoms with van der Waals surface area (Å²) in [5.74, 6) is -0.454. The third-order valence-electron chi connectivity index (χ3n) is 6.38. The third kappa shape index (κ3) is 4.61. The number of piperazine rings is 1. The molecule has 0 unspecified atom stereocenters. The van der Waals surface area contributed by atoms with Gasteiger partial charge in [-0.15, -0.1) is 0 Å². The zero-order valence-electron chi connectivity index (χ0n) is 20.2. The highest BCUT2D eigenvalue weighted by atomic mass is 16.3. The van der Waals surface area contributed by atoms with Crippen molar-refractivity contribution in [3.63, 3.8) is 0 Å². The monoisotopic (exact) mass is 460 g/mol. The minimum atomic E-state index is -0.607. The van der Waals surface area contributed by atoms with Crippen molar-refractivity contribution in [2.24, 2.45) is 5.41 Å². The van der Waals surface area contributed by atoms with Crippen LogP contribution in [0.5, 0.6) is 0 Å². The molecule has 1 saturated heterocycles. The van der Waals surface area contributed by atoms with Crippen LogP contribution in [0.1, 0.15) is 38.2 Å². The number of carbonyl (C=O) groups excluding carboxylic acids is 2. The molecule has 3 aromatic rings. The van der Waals surface area contributed by atoms with Crippen LogP contribution in [0.25, 0.3) is 11.3 Å². The summed E-state index contributed by atoms with van der Waals surface area (Å²) in [6, 6.07) is 19.1. The number of imidazole rings is 1. The molecule has 2 amide bonds. The second kappa shape index (κ2) is 9.43. The molecule has 4 rings (SSSR count). The smallest absolute Gasteiger partial charge is 0.312 e. The molecule has 1 aliphatic heterocycles. The second-order valence-corrected chi connectivity index (χ2v) is 9.94. The van der Waals surface area contributed by atoms with E-state index in [1.165, 1.54) is 4.90 Å². The highest BCUT2D eigenvalue weighted by molar-refractivity contribution is 6.35. The predicted molar refractivity (Wildman–Crippen MR) is 131 cm³/mol. The van der Waals surface area contributed by atoms with Crippen molar-refractivity contribution >= 4 is 11.8 Å². The van der Waals surface area contributed by atoms with E-state index in [9.17, 15) is 14.7 Å². The number of hydrogen-bond donors (Lipinski definition) is 1. The number of benzene rings is 2. The fraction of sp³-hybridized carbons (Fsp3) is 0.370. The standard InChI is InChI=1S/C27H32N4O3/c1-27(2,3)23(31-16-21(18-32)29(4)25(33)26(31)34)24-28-22(20-13-9-6-10-14-20)17-30(24)15-19-11-7-5-8-12-19/h5-14,17,21,23,32H,15-16,18H2,1-4H3/t21-,23-/m0/s1. The lowest BCUT2D eigenvalue weighted by molar-refractivity contribution is -0.163. The van der Waals surface area contributed by atoms with Crippen molar-refractivity contribution in [1.82, 2.24) is 19.4 Å². The number of nitrogens with zero attached hydrogens (tertiary/aromatic N) is 4. The van der Waals surface area contributed by atoms with Crippen LogP contribution < -0.4 is 0 Å². The van der Waals surface area contributed by atoms with E-state index in [1.807, 2.05) is 75.5 Å². The molecule has 7 heteroatoms. The van der Waals surface area contributed by atoms with Crippen molar-refractivity contribution < 1.29 is 14.7 Å². The maximum atomic E-state index is 13.2. The van der Waals surface area contributed by atoms with Gasteiger partial charge in [0.25, 0.3) is 0 Å². The summed E-state index contributed by atoms with van der Waals surface area (Å²) in [6.07, 6.45) is 2.02. The van der Waals surface area contributed by atoms with E-state index in [0.29, 0.717) is 6.54 Å².